The number of aromatic nitrogens is 3. The van der Waals surface area contributed by atoms with E-state index in [2.05, 4.69) is 17.0 Å². The van der Waals surface area contributed by atoms with Crippen molar-refractivity contribution < 1.29 is 9.53 Å². The van der Waals surface area contributed by atoms with E-state index in [0.717, 1.165) is 30.1 Å². The minimum atomic E-state index is 0.159. The van der Waals surface area contributed by atoms with Crippen LogP contribution in [0.3, 0.4) is 0 Å². The lowest BCUT2D eigenvalue weighted by molar-refractivity contribution is -0.116. The van der Waals surface area contributed by atoms with E-state index in [-0.39, 0.29) is 5.78 Å². The molecule has 0 saturated heterocycles. The largest absolute Gasteiger partial charge is 0.486 e. The van der Waals surface area contributed by atoms with Gasteiger partial charge in [0.15, 0.2) is 5.82 Å². The smallest absolute Gasteiger partial charge is 0.164 e. The Hall–Kier alpha value is -2.17. The molecule has 1 heterocycles. The van der Waals surface area contributed by atoms with E-state index in [4.69, 9.17) is 4.74 Å². The van der Waals surface area contributed by atoms with Gasteiger partial charge in [0, 0.05) is 13.0 Å². The lowest BCUT2D eigenvalue weighted by Crippen LogP contribution is -2.08. The molecule has 0 bridgehead atoms. The van der Waals surface area contributed by atoms with Gasteiger partial charge in [0.05, 0.1) is 0 Å². The zero-order chi connectivity index (χ0) is 14.4. The first-order chi connectivity index (χ1) is 9.69. The van der Waals surface area contributed by atoms with Crippen molar-refractivity contribution in [2.45, 2.75) is 39.8 Å². The Labute approximate surface area is 118 Å². The SMILES string of the molecule is CCCn1ncnc1COc1ccc(CC(C)=O)cc1. The maximum absolute atomic E-state index is 11.0. The summed E-state index contributed by atoms with van der Waals surface area (Å²) in [5.41, 5.74) is 0.999. The molecule has 1 aromatic heterocycles. The highest BCUT2D eigenvalue weighted by Crippen LogP contribution is 2.14. The number of nitrogens with zero attached hydrogens (tertiary/aromatic N) is 3. The number of hydrogen-bond donors (Lipinski definition) is 0. The van der Waals surface area contributed by atoms with Crippen LogP contribution in [0.5, 0.6) is 5.75 Å². The van der Waals surface area contributed by atoms with Crippen LogP contribution in [0.15, 0.2) is 30.6 Å². The zero-order valence-electron chi connectivity index (χ0n) is 11.9. The molecule has 20 heavy (non-hydrogen) atoms. The molecular formula is C15H19N3O2. The summed E-state index contributed by atoms with van der Waals surface area (Å²) in [6.45, 7) is 4.92. The molecule has 0 amide bonds. The molecule has 0 radical (unpaired) electrons. The first-order valence-electron chi connectivity index (χ1n) is 6.77. The van der Waals surface area contributed by atoms with Gasteiger partial charge in [-0.2, -0.15) is 5.10 Å². The van der Waals surface area contributed by atoms with E-state index in [9.17, 15) is 4.79 Å². The van der Waals surface area contributed by atoms with Gasteiger partial charge < -0.3 is 4.74 Å². The Morgan fingerprint density at radius 3 is 2.70 bits per heavy atom. The van der Waals surface area contributed by atoms with E-state index < -0.39 is 0 Å². The topological polar surface area (TPSA) is 57.0 Å². The number of aryl methyl sites for hydroxylation is 1. The number of hydrogen-bond acceptors (Lipinski definition) is 4. The molecule has 0 aliphatic heterocycles. The van der Waals surface area contributed by atoms with Crippen LogP contribution in [0.25, 0.3) is 0 Å². The fourth-order valence-corrected chi connectivity index (χ4v) is 1.94. The minimum absolute atomic E-state index is 0.159. The van der Waals surface area contributed by atoms with Crippen LogP contribution in [-0.4, -0.2) is 20.5 Å². The summed E-state index contributed by atoms with van der Waals surface area (Å²) in [6.07, 6.45) is 3.02. The highest BCUT2D eigenvalue weighted by atomic mass is 16.5. The lowest BCUT2D eigenvalue weighted by Gasteiger charge is -2.07. The number of ether oxygens (including phenoxy) is 1. The standard InChI is InChI=1S/C15H19N3O2/c1-3-8-18-15(16-11-17-18)10-20-14-6-4-13(5-7-14)9-12(2)19/h4-7,11H,3,8-10H2,1-2H3. The molecular weight excluding hydrogens is 254 g/mol. The van der Waals surface area contributed by atoms with Crippen LogP contribution < -0.4 is 4.74 Å². The van der Waals surface area contributed by atoms with Gasteiger partial charge in [0.1, 0.15) is 24.5 Å². The van der Waals surface area contributed by atoms with Gasteiger partial charge >= 0.3 is 0 Å². The molecule has 1 aromatic carbocycles. The third-order valence-electron chi connectivity index (χ3n) is 2.88. The number of Topliss-reactive ketones (excluding diaryl/α,β-unsaturated/α-hetero) is 1. The Bertz CT molecular complexity index is 561. The first kappa shape index (κ1) is 14.2. The van der Waals surface area contributed by atoms with Crippen molar-refractivity contribution in [3.63, 3.8) is 0 Å². The van der Waals surface area contributed by atoms with Gasteiger partial charge in [0.2, 0.25) is 0 Å². The lowest BCUT2D eigenvalue weighted by atomic mass is 10.1. The fourth-order valence-electron chi connectivity index (χ4n) is 1.94. The summed E-state index contributed by atoms with van der Waals surface area (Å²) in [5.74, 6) is 1.74. The molecule has 0 fully saturated rings. The van der Waals surface area contributed by atoms with Gasteiger partial charge in [-0.05, 0) is 31.0 Å². The summed E-state index contributed by atoms with van der Waals surface area (Å²) in [6, 6.07) is 7.57. The Kier molecular flexibility index (Phi) is 4.87. The average Bonchev–Trinajstić information content (AvgIpc) is 2.85. The molecule has 106 valence electrons. The summed E-state index contributed by atoms with van der Waals surface area (Å²) < 4.78 is 7.54. The molecule has 2 aromatic rings. The molecule has 5 nitrogen and oxygen atoms in total. The van der Waals surface area contributed by atoms with E-state index in [1.165, 1.54) is 0 Å². The second-order valence-electron chi connectivity index (χ2n) is 4.71. The zero-order valence-corrected chi connectivity index (χ0v) is 11.9. The van der Waals surface area contributed by atoms with Crippen molar-refractivity contribution >= 4 is 5.78 Å². The Morgan fingerprint density at radius 2 is 2.05 bits per heavy atom. The predicted molar refractivity (Wildman–Crippen MR) is 75.5 cm³/mol. The van der Waals surface area contributed by atoms with Crippen molar-refractivity contribution in [2.75, 3.05) is 0 Å². The van der Waals surface area contributed by atoms with Gasteiger partial charge in [-0.1, -0.05) is 19.1 Å². The Balaban J connectivity index is 1.93. The summed E-state index contributed by atoms with van der Waals surface area (Å²) >= 11 is 0. The van der Waals surface area contributed by atoms with Crippen LogP contribution in [-0.2, 0) is 24.4 Å². The van der Waals surface area contributed by atoms with E-state index in [0.29, 0.717) is 13.0 Å². The molecule has 5 heteroatoms. The van der Waals surface area contributed by atoms with Crippen molar-refractivity contribution in [2.24, 2.45) is 0 Å². The highest BCUT2D eigenvalue weighted by molar-refractivity contribution is 5.78. The van der Waals surface area contributed by atoms with Crippen LogP contribution in [0.4, 0.5) is 0 Å². The second-order valence-corrected chi connectivity index (χ2v) is 4.71. The number of benzene rings is 1. The number of carbonyl (C=O) groups excluding carboxylic acids is 1. The van der Waals surface area contributed by atoms with Gasteiger partial charge in [-0.25, -0.2) is 9.67 Å². The van der Waals surface area contributed by atoms with Crippen molar-refractivity contribution in [3.05, 3.63) is 42.0 Å². The molecule has 0 unspecified atom stereocenters. The molecule has 0 spiro atoms. The maximum atomic E-state index is 11.0. The maximum Gasteiger partial charge on any atom is 0.164 e. The van der Waals surface area contributed by atoms with Crippen LogP contribution in [0.2, 0.25) is 0 Å². The molecule has 0 aliphatic rings. The van der Waals surface area contributed by atoms with Crippen LogP contribution >= 0.6 is 0 Å². The first-order valence-corrected chi connectivity index (χ1v) is 6.77. The molecule has 0 aliphatic carbocycles. The number of carbonyl (C=O) groups is 1. The number of rotatable bonds is 7. The third kappa shape index (κ3) is 3.91. The summed E-state index contributed by atoms with van der Waals surface area (Å²) in [5, 5.41) is 4.15. The monoisotopic (exact) mass is 273 g/mol. The van der Waals surface area contributed by atoms with Crippen molar-refractivity contribution in [3.8, 4) is 5.75 Å². The van der Waals surface area contributed by atoms with E-state index >= 15 is 0 Å². The summed E-state index contributed by atoms with van der Waals surface area (Å²) in [7, 11) is 0. The third-order valence-corrected chi connectivity index (χ3v) is 2.88. The van der Waals surface area contributed by atoms with E-state index in [1.54, 1.807) is 13.3 Å². The van der Waals surface area contributed by atoms with Gasteiger partial charge in [0.25, 0.3) is 0 Å². The second kappa shape index (κ2) is 6.84. The average molecular weight is 273 g/mol. The van der Waals surface area contributed by atoms with Crippen molar-refractivity contribution in [1.82, 2.24) is 14.8 Å². The molecule has 2 rings (SSSR count). The summed E-state index contributed by atoms with van der Waals surface area (Å²) in [4.78, 5) is 15.2. The quantitative estimate of drug-likeness (QED) is 0.777. The van der Waals surface area contributed by atoms with Crippen LogP contribution in [0.1, 0.15) is 31.7 Å². The normalized spacial score (nSPS) is 10.5. The fraction of sp³-hybridized carbons (Fsp3) is 0.400. The molecule has 0 saturated carbocycles. The van der Waals surface area contributed by atoms with Crippen molar-refractivity contribution in [1.29, 1.82) is 0 Å². The van der Waals surface area contributed by atoms with E-state index in [1.807, 2.05) is 28.9 Å². The molecule has 0 N–H and O–H groups in total. The van der Waals surface area contributed by atoms with Crippen LogP contribution in [0, 0.1) is 0 Å². The molecule has 0 atom stereocenters. The Morgan fingerprint density at radius 1 is 1.30 bits per heavy atom. The van der Waals surface area contributed by atoms with Gasteiger partial charge in [-0.3, -0.25) is 4.79 Å². The predicted octanol–water partition coefficient (Wildman–Crippen LogP) is 2.40. The number of ketones is 1. The highest BCUT2D eigenvalue weighted by Gasteiger charge is 2.05. The van der Waals surface area contributed by atoms with Gasteiger partial charge in [-0.15, -0.1) is 0 Å². The minimum Gasteiger partial charge on any atom is -0.486 e.